The molecule has 0 unspecified atom stereocenters. The lowest BCUT2D eigenvalue weighted by molar-refractivity contribution is -0.137. The van der Waals surface area contributed by atoms with E-state index in [4.69, 9.17) is 40.1 Å². The van der Waals surface area contributed by atoms with Crippen molar-refractivity contribution in [3.05, 3.63) is 51.3 Å². The fraction of sp³-hybridized carbons (Fsp3) is 0.0714. The van der Waals surface area contributed by atoms with Crippen LogP contribution in [0.1, 0.15) is 16.8 Å². The first-order chi connectivity index (χ1) is 11.1. The van der Waals surface area contributed by atoms with Gasteiger partial charge in [-0.05, 0) is 35.9 Å². The number of aromatic nitrogens is 2. The van der Waals surface area contributed by atoms with Crippen molar-refractivity contribution in [1.29, 1.82) is 5.26 Å². The number of allylic oxidation sites excluding steroid dienone is 1. The normalized spacial score (nSPS) is 11.7. The van der Waals surface area contributed by atoms with Crippen LogP contribution < -0.4 is 0 Å². The number of carbonyl (C=O) groups excluding carboxylic acids is 1. The van der Waals surface area contributed by atoms with Crippen molar-refractivity contribution < 1.29 is 18.0 Å². The second-order valence-electron chi connectivity index (χ2n) is 4.39. The Labute approximate surface area is 148 Å². The Balaban J connectivity index is 2.68. The highest BCUT2D eigenvalue weighted by molar-refractivity contribution is 6.66. The maximum Gasteiger partial charge on any atom is 0.416 e. The van der Waals surface area contributed by atoms with Crippen molar-refractivity contribution in [3.8, 4) is 11.8 Å². The zero-order valence-corrected chi connectivity index (χ0v) is 13.7. The van der Waals surface area contributed by atoms with Gasteiger partial charge in [-0.25, -0.2) is 4.68 Å². The van der Waals surface area contributed by atoms with Gasteiger partial charge in [-0.2, -0.15) is 23.5 Å². The zero-order chi connectivity index (χ0) is 18.1. The number of nitriles is 1. The lowest BCUT2D eigenvalue weighted by atomic mass is 10.2. The summed E-state index contributed by atoms with van der Waals surface area (Å²) >= 11 is 17.0. The number of hydrogen-bond acceptors (Lipinski definition) is 3. The molecule has 2 aromatic rings. The third-order valence-corrected chi connectivity index (χ3v) is 3.56. The van der Waals surface area contributed by atoms with Crippen molar-refractivity contribution in [2.45, 2.75) is 6.18 Å². The summed E-state index contributed by atoms with van der Waals surface area (Å²) in [5.41, 5.74) is -0.942. The molecule has 0 aliphatic rings. The summed E-state index contributed by atoms with van der Waals surface area (Å²) in [5, 5.41) is 11.5. The van der Waals surface area contributed by atoms with Crippen LogP contribution in [-0.4, -0.2) is 15.0 Å². The van der Waals surface area contributed by atoms with E-state index in [0.29, 0.717) is 12.1 Å². The van der Waals surface area contributed by atoms with Crippen molar-refractivity contribution in [1.82, 2.24) is 9.78 Å². The highest BCUT2D eigenvalue weighted by atomic mass is 35.5. The molecule has 0 spiro atoms. The van der Waals surface area contributed by atoms with Crippen LogP contribution in [0.2, 0.25) is 10.0 Å². The minimum Gasteiger partial charge on any atom is -0.276 e. The van der Waals surface area contributed by atoms with Gasteiger partial charge < -0.3 is 0 Å². The van der Waals surface area contributed by atoms with Crippen molar-refractivity contribution in [2.75, 3.05) is 0 Å². The molecule has 124 valence electrons. The topological polar surface area (TPSA) is 58.7 Å². The number of alkyl halides is 3. The monoisotopic (exact) mass is 393 g/mol. The largest absolute Gasteiger partial charge is 0.416 e. The number of nitrogens with zero attached hydrogens (tertiary/aromatic N) is 3. The summed E-state index contributed by atoms with van der Waals surface area (Å²) in [6.45, 7) is 0. The molecule has 10 heteroatoms. The standard InChI is InChI=1S/C14H5Cl3F3N3O/c15-9-3-8(14(18,19)20)4-10(16)13(9)23-11(1-2-12(17)24)7(5-21)6-22-23/h1-4,6H. The lowest BCUT2D eigenvalue weighted by Crippen LogP contribution is -2.08. The second-order valence-corrected chi connectivity index (χ2v) is 5.58. The predicted molar refractivity (Wildman–Crippen MR) is 83.2 cm³/mol. The Morgan fingerprint density at radius 3 is 2.33 bits per heavy atom. The smallest absolute Gasteiger partial charge is 0.276 e. The number of benzene rings is 1. The molecule has 0 bridgehead atoms. The first kappa shape index (κ1) is 18.3. The predicted octanol–water partition coefficient (Wildman–Crippen LogP) is 4.85. The van der Waals surface area contributed by atoms with E-state index >= 15 is 0 Å². The lowest BCUT2D eigenvalue weighted by Gasteiger charge is -2.13. The van der Waals surface area contributed by atoms with Crippen LogP contribution in [0.4, 0.5) is 13.2 Å². The van der Waals surface area contributed by atoms with Crippen LogP contribution in [0.5, 0.6) is 0 Å². The fourth-order valence-corrected chi connectivity index (χ4v) is 2.57. The van der Waals surface area contributed by atoms with Gasteiger partial charge in [-0.15, -0.1) is 0 Å². The summed E-state index contributed by atoms with van der Waals surface area (Å²) in [4.78, 5) is 10.9. The van der Waals surface area contributed by atoms with Crippen LogP contribution in [0, 0.1) is 11.3 Å². The molecule has 0 fully saturated rings. The third kappa shape index (κ3) is 3.73. The maximum atomic E-state index is 12.8. The summed E-state index contributed by atoms with van der Waals surface area (Å²) < 4.78 is 39.4. The SMILES string of the molecule is N#Cc1cnn(-c2c(Cl)cc(C(F)(F)F)cc2Cl)c1C=CC(=O)Cl. The molecule has 0 saturated carbocycles. The number of hydrogen-bond donors (Lipinski definition) is 0. The van der Waals surface area contributed by atoms with Crippen LogP contribution in [0.3, 0.4) is 0 Å². The molecule has 0 aliphatic carbocycles. The molecule has 0 N–H and O–H groups in total. The van der Waals surface area contributed by atoms with Gasteiger partial charge in [-0.3, -0.25) is 4.79 Å². The molecule has 24 heavy (non-hydrogen) atoms. The van der Waals surface area contributed by atoms with E-state index in [9.17, 15) is 18.0 Å². The van der Waals surface area contributed by atoms with Gasteiger partial charge in [0.2, 0.25) is 5.24 Å². The average Bonchev–Trinajstić information content (AvgIpc) is 2.86. The molecule has 0 amide bonds. The molecule has 0 atom stereocenters. The van der Waals surface area contributed by atoms with Crippen molar-refractivity contribution in [2.24, 2.45) is 0 Å². The van der Waals surface area contributed by atoms with Crippen LogP contribution >= 0.6 is 34.8 Å². The average molecular weight is 395 g/mol. The van der Waals surface area contributed by atoms with E-state index in [2.05, 4.69) is 5.10 Å². The summed E-state index contributed by atoms with van der Waals surface area (Å²) in [6, 6.07) is 3.21. The Kier molecular flexibility index (Phi) is 5.23. The maximum absolute atomic E-state index is 12.8. The van der Waals surface area contributed by atoms with E-state index in [0.717, 1.165) is 17.0 Å². The van der Waals surface area contributed by atoms with Gasteiger partial charge in [-0.1, -0.05) is 23.2 Å². The molecule has 1 aromatic carbocycles. The van der Waals surface area contributed by atoms with Gasteiger partial charge >= 0.3 is 6.18 Å². The van der Waals surface area contributed by atoms with Crippen molar-refractivity contribution in [3.63, 3.8) is 0 Å². The minimum absolute atomic E-state index is 0.0520. The molecule has 4 nitrogen and oxygen atoms in total. The second kappa shape index (κ2) is 6.85. The van der Waals surface area contributed by atoms with Gasteiger partial charge in [0, 0.05) is 0 Å². The van der Waals surface area contributed by atoms with E-state index in [-0.39, 0.29) is 27.0 Å². The summed E-state index contributed by atoms with van der Waals surface area (Å²) in [7, 11) is 0. The quantitative estimate of drug-likeness (QED) is 0.552. The molecule has 0 saturated heterocycles. The minimum atomic E-state index is -4.62. The van der Waals surface area contributed by atoms with Crippen LogP contribution in [0.15, 0.2) is 24.4 Å². The Hall–Kier alpha value is -2.01. The first-order valence-electron chi connectivity index (χ1n) is 6.07. The Morgan fingerprint density at radius 1 is 1.29 bits per heavy atom. The molecule has 1 aromatic heterocycles. The first-order valence-corrected chi connectivity index (χ1v) is 7.20. The highest BCUT2D eigenvalue weighted by Crippen LogP contribution is 2.38. The highest BCUT2D eigenvalue weighted by Gasteiger charge is 2.32. The van der Waals surface area contributed by atoms with Gasteiger partial charge in [0.15, 0.2) is 0 Å². The van der Waals surface area contributed by atoms with Gasteiger partial charge in [0.05, 0.1) is 33.1 Å². The molecular formula is C14H5Cl3F3N3O. The van der Waals surface area contributed by atoms with Crippen molar-refractivity contribution >= 4 is 46.1 Å². The molecule has 0 radical (unpaired) electrons. The van der Waals surface area contributed by atoms with E-state index in [1.807, 2.05) is 6.07 Å². The third-order valence-electron chi connectivity index (χ3n) is 2.86. The number of halogens is 6. The Bertz CT molecular complexity index is 859. The summed E-state index contributed by atoms with van der Waals surface area (Å²) in [6.07, 6.45) is -1.32. The fourth-order valence-electron chi connectivity index (χ4n) is 1.86. The molecule has 1 heterocycles. The van der Waals surface area contributed by atoms with E-state index in [1.165, 1.54) is 6.08 Å². The number of carbonyl (C=O) groups is 1. The van der Waals surface area contributed by atoms with E-state index < -0.39 is 17.0 Å². The molecule has 0 aliphatic heterocycles. The molecular weight excluding hydrogens is 390 g/mol. The number of rotatable bonds is 3. The van der Waals surface area contributed by atoms with E-state index in [1.54, 1.807) is 0 Å². The Morgan fingerprint density at radius 2 is 1.88 bits per heavy atom. The van der Waals surface area contributed by atoms with Gasteiger partial charge in [0.1, 0.15) is 11.8 Å². The van der Waals surface area contributed by atoms with Crippen LogP contribution in [-0.2, 0) is 11.0 Å². The summed E-state index contributed by atoms with van der Waals surface area (Å²) in [5.74, 6) is 0. The molecule has 2 rings (SSSR count). The van der Waals surface area contributed by atoms with Gasteiger partial charge in [0.25, 0.3) is 0 Å². The van der Waals surface area contributed by atoms with Crippen LogP contribution in [0.25, 0.3) is 11.8 Å². The zero-order valence-electron chi connectivity index (χ0n) is 11.4.